The lowest BCUT2D eigenvalue weighted by Crippen LogP contribution is -2.29. The zero-order valence-electron chi connectivity index (χ0n) is 11.8. The highest BCUT2D eigenvalue weighted by molar-refractivity contribution is 5.95. The fourth-order valence-corrected chi connectivity index (χ4v) is 2.40. The zero-order chi connectivity index (χ0) is 14.1. The molecule has 5 nitrogen and oxygen atoms in total. The number of anilines is 2. The molecule has 0 radical (unpaired) electrons. The molecule has 5 heteroatoms. The van der Waals surface area contributed by atoms with Crippen molar-refractivity contribution in [2.24, 2.45) is 11.8 Å². The highest BCUT2D eigenvalue weighted by Crippen LogP contribution is 2.35. The van der Waals surface area contributed by atoms with E-state index in [4.69, 9.17) is 10.5 Å². The summed E-state index contributed by atoms with van der Waals surface area (Å²) >= 11 is 0. The Balaban J connectivity index is 1.82. The molecule has 0 spiro atoms. The molecule has 2 aliphatic carbocycles. The lowest BCUT2D eigenvalue weighted by Gasteiger charge is -2.24. The molecule has 0 amide bonds. The van der Waals surface area contributed by atoms with Crippen LogP contribution in [0.15, 0.2) is 12.3 Å². The normalized spacial score (nSPS) is 17.9. The molecule has 2 saturated carbocycles. The molecule has 2 N–H and O–H groups in total. The molecule has 2 fully saturated rings. The van der Waals surface area contributed by atoms with Crippen LogP contribution in [0.2, 0.25) is 0 Å². The van der Waals surface area contributed by atoms with Crippen LogP contribution in [0.1, 0.15) is 36.0 Å². The largest absolute Gasteiger partial charge is 0.465 e. The van der Waals surface area contributed by atoms with E-state index in [0.29, 0.717) is 11.3 Å². The van der Waals surface area contributed by atoms with Crippen LogP contribution in [0.4, 0.5) is 11.5 Å². The van der Waals surface area contributed by atoms with Gasteiger partial charge in [-0.3, -0.25) is 0 Å². The fraction of sp³-hybridized carbons (Fsp3) is 0.600. The lowest BCUT2D eigenvalue weighted by molar-refractivity contribution is 0.0602. The van der Waals surface area contributed by atoms with E-state index in [-0.39, 0.29) is 0 Å². The van der Waals surface area contributed by atoms with Gasteiger partial charge in [-0.1, -0.05) is 0 Å². The molecule has 0 atom stereocenters. The highest BCUT2D eigenvalue weighted by atomic mass is 16.5. The predicted molar refractivity (Wildman–Crippen MR) is 77.6 cm³/mol. The molecule has 0 unspecified atom stereocenters. The van der Waals surface area contributed by atoms with E-state index in [2.05, 4.69) is 9.88 Å². The summed E-state index contributed by atoms with van der Waals surface area (Å²) in [5.74, 6) is 2.02. The van der Waals surface area contributed by atoms with Crippen LogP contribution < -0.4 is 10.6 Å². The second-order valence-electron chi connectivity index (χ2n) is 5.91. The maximum atomic E-state index is 11.7. The quantitative estimate of drug-likeness (QED) is 0.805. The van der Waals surface area contributed by atoms with E-state index >= 15 is 0 Å². The van der Waals surface area contributed by atoms with Crippen LogP contribution in [0.25, 0.3) is 0 Å². The smallest absolute Gasteiger partial charge is 0.340 e. The van der Waals surface area contributed by atoms with Gasteiger partial charge in [0.05, 0.1) is 24.6 Å². The molecule has 1 aromatic heterocycles. The monoisotopic (exact) mass is 275 g/mol. The second kappa shape index (κ2) is 5.31. The molecule has 0 aliphatic heterocycles. The summed E-state index contributed by atoms with van der Waals surface area (Å²) in [4.78, 5) is 18.4. The first-order chi connectivity index (χ1) is 9.67. The number of ether oxygens (including phenoxy) is 1. The molecule has 0 saturated heterocycles. The standard InChI is InChI=1S/C15H21N3O2/c1-20-15(19)12-6-14(17-7-13(12)16)18(8-10-2-3-10)9-11-4-5-11/h6-7,10-11H,2-5,8-9,16H2,1H3. The van der Waals surface area contributed by atoms with Gasteiger partial charge in [-0.05, 0) is 43.6 Å². The van der Waals surface area contributed by atoms with Crippen LogP contribution >= 0.6 is 0 Å². The molecular weight excluding hydrogens is 254 g/mol. The number of carbonyl (C=O) groups is 1. The molecule has 0 aromatic carbocycles. The molecular formula is C15H21N3O2. The summed E-state index contributed by atoms with van der Waals surface area (Å²) in [6, 6.07) is 1.77. The Labute approximate surface area is 119 Å². The van der Waals surface area contributed by atoms with Crippen LogP contribution in [0, 0.1) is 11.8 Å². The van der Waals surface area contributed by atoms with Crippen molar-refractivity contribution < 1.29 is 9.53 Å². The minimum atomic E-state index is -0.399. The summed E-state index contributed by atoms with van der Waals surface area (Å²) < 4.78 is 4.77. The molecule has 1 aromatic rings. The number of methoxy groups -OCH3 is 1. The van der Waals surface area contributed by atoms with Crippen LogP contribution in [-0.4, -0.2) is 31.2 Å². The first-order valence-electron chi connectivity index (χ1n) is 7.26. The molecule has 108 valence electrons. The van der Waals surface area contributed by atoms with Crippen molar-refractivity contribution in [1.82, 2.24) is 4.98 Å². The first-order valence-corrected chi connectivity index (χ1v) is 7.26. The van der Waals surface area contributed by atoms with Gasteiger partial charge < -0.3 is 15.4 Å². The van der Waals surface area contributed by atoms with Gasteiger partial charge in [0.2, 0.25) is 0 Å². The Bertz CT molecular complexity index is 496. The van der Waals surface area contributed by atoms with Crippen molar-refractivity contribution in [3.05, 3.63) is 17.8 Å². The number of carbonyl (C=O) groups excluding carboxylic acids is 1. The highest BCUT2D eigenvalue weighted by Gasteiger charge is 2.30. The minimum absolute atomic E-state index is 0.374. The summed E-state index contributed by atoms with van der Waals surface area (Å²) in [5, 5.41) is 0. The van der Waals surface area contributed by atoms with Crippen LogP contribution in [0.5, 0.6) is 0 Å². The van der Waals surface area contributed by atoms with E-state index in [1.807, 2.05) is 0 Å². The van der Waals surface area contributed by atoms with Crippen molar-refractivity contribution in [1.29, 1.82) is 0 Å². The van der Waals surface area contributed by atoms with E-state index < -0.39 is 5.97 Å². The number of aromatic nitrogens is 1. The Kier molecular flexibility index (Phi) is 3.51. The molecule has 2 aliphatic rings. The third-order valence-electron chi connectivity index (χ3n) is 4.00. The average molecular weight is 275 g/mol. The van der Waals surface area contributed by atoms with E-state index in [0.717, 1.165) is 30.7 Å². The molecule has 1 heterocycles. The second-order valence-corrected chi connectivity index (χ2v) is 5.91. The minimum Gasteiger partial charge on any atom is -0.465 e. The maximum Gasteiger partial charge on any atom is 0.340 e. The van der Waals surface area contributed by atoms with Crippen molar-refractivity contribution in [3.8, 4) is 0 Å². The van der Waals surface area contributed by atoms with Crippen molar-refractivity contribution in [3.63, 3.8) is 0 Å². The van der Waals surface area contributed by atoms with Gasteiger partial charge in [0.25, 0.3) is 0 Å². The fourth-order valence-electron chi connectivity index (χ4n) is 2.40. The van der Waals surface area contributed by atoms with E-state index in [9.17, 15) is 4.79 Å². The SMILES string of the molecule is COC(=O)c1cc(N(CC2CC2)CC2CC2)ncc1N. The number of esters is 1. The number of pyridine rings is 1. The van der Waals surface area contributed by atoms with Gasteiger partial charge in [0, 0.05) is 13.1 Å². The van der Waals surface area contributed by atoms with Gasteiger partial charge in [-0.2, -0.15) is 0 Å². The van der Waals surface area contributed by atoms with Gasteiger partial charge in [0.1, 0.15) is 5.82 Å². The van der Waals surface area contributed by atoms with Crippen LogP contribution in [0.3, 0.4) is 0 Å². The third kappa shape index (κ3) is 3.03. The van der Waals surface area contributed by atoms with Gasteiger partial charge in [-0.25, -0.2) is 9.78 Å². The van der Waals surface area contributed by atoms with Crippen molar-refractivity contribution in [2.75, 3.05) is 30.8 Å². The Morgan fingerprint density at radius 2 is 1.95 bits per heavy atom. The van der Waals surface area contributed by atoms with Gasteiger partial charge in [0.15, 0.2) is 0 Å². The Hall–Kier alpha value is -1.78. The molecule has 20 heavy (non-hydrogen) atoms. The number of hydrogen-bond donors (Lipinski definition) is 1. The van der Waals surface area contributed by atoms with Gasteiger partial charge in [-0.15, -0.1) is 0 Å². The Morgan fingerprint density at radius 1 is 1.35 bits per heavy atom. The number of hydrogen-bond acceptors (Lipinski definition) is 5. The first kappa shape index (κ1) is 13.2. The number of rotatable bonds is 6. The van der Waals surface area contributed by atoms with Crippen molar-refractivity contribution >= 4 is 17.5 Å². The molecule has 3 rings (SSSR count). The number of nitrogen functional groups attached to an aromatic ring is 1. The Morgan fingerprint density at radius 3 is 2.45 bits per heavy atom. The number of nitrogens with zero attached hydrogens (tertiary/aromatic N) is 2. The summed E-state index contributed by atoms with van der Waals surface area (Å²) in [6.45, 7) is 2.07. The van der Waals surface area contributed by atoms with E-state index in [1.54, 1.807) is 12.3 Å². The third-order valence-corrected chi connectivity index (χ3v) is 4.00. The zero-order valence-corrected chi connectivity index (χ0v) is 11.8. The number of nitrogens with two attached hydrogens (primary N) is 1. The summed E-state index contributed by atoms with van der Waals surface area (Å²) in [7, 11) is 1.37. The molecule has 0 bridgehead atoms. The predicted octanol–water partition coefficient (Wildman–Crippen LogP) is 2.08. The maximum absolute atomic E-state index is 11.7. The lowest BCUT2D eigenvalue weighted by atomic mass is 10.2. The average Bonchev–Trinajstić information content (AvgIpc) is 3.33. The summed E-state index contributed by atoms with van der Waals surface area (Å²) in [5.41, 5.74) is 6.60. The van der Waals surface area contributed by atoms with Crippen LogP contribution in [-0.2, 0) is 4.74 Å². The van der Waals surface area contributed by atoms with Crippen molar-refractivity contribution in [2.45, 2.75) is 25.7 Å². The topological polar surface area (TPSA) is 68.5 Å². The summed E-state index contributed by atoms with van der Waals surface area (Å²) in [6.07, 6.45) is 6.79. The van der Waals surface area contributed by atoms with E-state index in [1.165, 1.54) is 32.8 Å². The van der Waals surface area contributed by atoms with Gasteiger partial charge >= 0.3 is 5.97 Å².